The number of nitrogens with zero attached hydrogens (tertiary/aromatic N) is 2. The van der Waals surface area contributed by atoms with Gasteiger partial charge in [-0.1, -0.05) is 48.2 Å². The van der Waals surface area contributed by atoms with Crippen LogP contribution in [0, 0.1) is 0 Å². The minimum atomic E-state index is -0.497. The zero-order chi connectivity index (χ0) is 16.8. The van der Waals surface area contributed by atoms with E-state index in [0.29, 0.717) is 28.8 Å². The average Bonchev–Trinajstić information content (AvgIpc) is 3.04. The molecule has 0 aliphatic carbocycles. The first-order valence-corrected chi connectivity index (χ1v) is 8.42. The lowest BCUT2D eigenvalue weighted by Crippen LogP contribution is -2.36. The van der Waals surface area contributed by atoms with Gasteiger partial charge in [0.25, 0.3) is 0 Å². The van der Waals surface area contributed by atoms with Crippen molar-refractivity contribution in [2.45, 2.75) is 0 Å². The van der Waals surface area contributed by atoms with Crippen LogP contribution in [0.4, 0.5) is 21.0 Å². The van der Waals surface area contributed by atoms with Crippen molar-refractivity contribution in [1.29, 1.82) is 0 Å². The molecule has 1 heterocycles. The summed E-state index contributed by atoms with van der Waals surface area (Å²) in [6, 6.07) is 17.5. The van der Waals surface area contributed by atoms with Crippen LogP contribution in [0.2, 0.25) is 0 Å². The molecule has 2 aromatic rings. The minimum Gasteiger partial charge on any atom is -0.307 e. The van der Waals surface area contributed by atoms with E-state index in [1.165, 1.54) is 16.7 Å². The molecule has 1 fully saturated rings. The van der Waals surface area contributed by atoms with Crippen molar-refractivity contribution in [1.82, 2.24) is 4.90 Å². The topological polar surface area (TPSA) is 73.8 Å². The molecular formula is C17H16N4O2S. The molecule has 0 bridgehead atoms. The summed E-state index contributed by atoms with van der Waals surface area (Å²) in [5.74, 6) is 0.708. The number of carbonyl (C=O) groups is 2. The van der Waals surface area contributed by atoms with Crippen LogP contribution in [-0.2, 0) is 0 Å². The molecule has 0 aromatic heterocycles. The van der Waals surface area contributed by atoms with Crippen molar-refractivity contribution < 1.29 is 9.59 Å². The predicted molar refractivity (Wildman–Crippen MR) is 97.5 cm³/mol. The van der Waals surface area contributed by atoms with Gasteiger partial charge in [-0.2, -0.15) is 4.99 Å². The van der Waals surface area contributed by atoms with Crippen molar-refractivity contribution in [3.05, 3.63) is 60.7 Å². The molecule has 24 heavy (non-hydrogen) atoms. The Hall–Kier alpha value is -2.80. The first-order valence-electron chi connectivity index (χ1n) is 7.43. The van der Waals surface area contributed by atoms with E-state index in [-0.39, 0.29) is 6.03 Å². The molecule has 1 saturated heterocycles. The Morgan fingerprint density at radius 2 is 1.50 bits per heavy atom. The molecule has 3 rings (SSSR count). The number of carbonyl (C=O) groups excluding carboxylic acids is 2. The van der Waals surface area contributed by atoms with Crippen LogP contribution in [0.25, 0.3) is 0 Å². The zero-order valence-electron chi connectivity index (χ0n) is 12.8. The van der Waals surface area contributed by atoms with Crippen molar-refractivity contribution in [3.8, 4) is 0 Å². The number of amidine groups is 1. The molecule has 0 saturated carbocycles. The highest BCUT2D eigenvalue weighted by molar-refractivity contribution is 8.14. The van der Waals surface area contributed by atoms with E-state index in [1.807, 2.05) is 36.4 Å². The van der Waals surface area contributed by atoms with Gasteiger partial charge in [-0.3, -0.25) is 4.90 Å². The van der Waals surface area contributed by atoms with E-state index in [1.54, 1.807) is 24.3 Å². The van der Waals surface area contributed by atoms with E-state index in [2.05, 4.69) is 15.6 Å². The Bertz CT molecular complexity index is 750. The number of para-hydroxylation sites is 2. The second kappa shape index (κ2) is 7.65. The summed E-state index contributed by atoms with van der Waals surface area (Å²) in [5.41, 5.74) is 1.36. The first-order chi connectivity index (χ1) is 11.7. The lowest BCUT2D eigenvalue weighted by molar-refractivity contribution is 0.236. The molecule has 4 amide bonds. The second-order valence-corrected chi connectivity index (χ2v) is 6.05. The fraction of sp³-hybridized carbons (Fsp3) is 0.118. The van der Waals surface area contributed by atoms with Crippen molar-refractivity contribution in [2.24, 2.45) is 4.99 Å². The maximum absolute atomic E-state index is 12.4. The number of benzene rings is 2. The smallest absolute Gasteiger partial charge is 0.307 e. The van der Waals surface area contributed by atoms with Crippen LogP contribution >= 0.6 is 11.8 Å². The van der Waals surface area contributed by atoms with Crippen molar-refractivity contribution in [2.75, 3.05) is 22.9 Å². The van der Waals surface area contributed by atoms with E-state index in [4.69, 9.17) is 0 Å². The summed E-state index contributed by atoms with van der Waals surface area (Å²) in [4.78, 5) is 29.9. The largest absolute Gasteiger partial charge is 0.347 e. The molecule has 122 valence electrons. The molecule has 1 aliphatic heterocycles. The molecule has 2 N–H and O–H groups in total. The van der Waals surface area contributed by atoms with Crippen LogP contribution in [0.3, 0.4) is 0 Å². The Morgan fingerprint density at radius 3 is 2.12 bits per heavy atom. The monoisotopic (exact) mass is 340 g/mol. The Kier molecular flexibility index (Phi) is 5.12. The van der Waals surface area contributed by atoms with Gasteiger partial charge in [0.1, 0.15) is 0 Å². The van der Waals surface area contributed by atoms with Crippen molar-refractivity contribution >= 4 is 40.4 Å². The van der Waals surface area contributed by atoms with E-state index in [9.17, 15) is 9.59 Å². The predicted octanol–water partition coefficient (Wildman–Crippen LogP) is 3.86. The van der Waals surface area contributed by atoms with Gasteiger partial charge in [-0.05, 0) is 24.3 Å². The van der Waals surface area contributed by atoms with E-state index < -0.39 is 6.03 Å². The lowest BCUT2D eigenvalue weighted by Gasteiger charge is -2.16. The van der Waals surface area contributed by atoms with E-state index >= 15 is 0 Å². The summed E-state index contributed by atoms with van der Waals surface area (Å²) in [5, 5.41) is 5.88. The molecule has 2 aromatic carbocycles. The summed E-state index contributed by atoms with van der Waals surface area (Å²) in [6.45, 7) is 0.515. The molecule has 0 radical (unpaired) electrons. The van der Waals surface area contributed by atoms with Crippen molar-refractivity contribution in [3.63, 3.8) is 0 Å². The standard InChI is InChI=1S/C17H16N4O2S/c22-15(18-13-7-3-1-4-8-13)20-17-21(11-12-24-17)16(23)19-14-9-5-2-6-10-14/h1-10H,11-12H2,(H,18,22)(H,19,23)/b20-17-. The van der Waals surface area contributed by atoms with Gasteiger partial charge in [0.05, 0.1) is 0 Å². The molecule has 7 heteroatoms. The highest BCUT2D eigenvalue weighted by atomic mass is 32.2. The maximum Gasteiger partial charge on any atom is 0.347 e. The minimum absolute atomic E-state index is 0.294. The number of hydrogen-bond acceptors (Lipinski definition) is 3. The SMILES string of the molecule is O=C(/N=C1\SCCN1C(=O)Nc1ccccc1)Nc1ccccc1. The molecule has 0 atom stereocenters. The number of anilines is 2. The zero-order valence-corrected chi connectivity index (χ0v) is 13.6. The van der Waals surface area contributed by atoms with Crippen LogP contribution in [0.1, 0.15) is 0 Å². The number of amides is 4. The molecule has 0 unspecified atom stereocenters. The molecule has 1 aliphatic rings. The highest BCUT2D eigenvalue weighted by Gasteiger charge is 2.26. The number of thioether (sulfide) groups is 1. The summed E-state index contributed by atoms with van der Waals surface area (Å²) >= 11 is 1.38. The normalized spacial score (nSPS) is 15.3. The number of urea groups is 2. The quantitative estimate of drug-likeness (QED) is 0.872. The van der Waals surface area contributed by atoms with Gasteiger partial charge in [0, 0.05) is 23.7 Å². The van der Waals surface area contributed by atoms with Gasteiger partial charge in [0.2, 0.25) is 0 Å². The Labute approximate surface area is 144 Å². The summed E-state index contributed by atoms with van der Waals surface area (Å²) < 4.78 is 0. The van der Waals surface area contributed by atoms with Crippen LogP contribution in [0.15, 0.2) is 65.7 Å². The fourth-order valence-corrected chi connectivity index (χ4v) is 3.09. The number of rotatable bonds is 2. The van der Waals surface area contributed by atoms with Crippen LogP contribution in [0.5, 0.6) is 0 Å². The summed E-state index contributed by atoms with van der Waals surface area (Å²) in [7, 11) is 0. The van der Waals surface area contributed by atoms with Gasteiger partial charge in [0.15, 0.2) is 5.17 Å². The van der Waals surface area contributed by atoms with E-state index in [0.717, 1.165) is 0 Å². The molecule has 0 spiro atoms. The fourth-order valence-electron chi connectivity index (χ4n) is 2.16. The Morgan fingerprint density at radius 1 is 0.917 bits per heavy atom. The second-order valence-electron chi connectivity index (χ2n) is 4.99. The number of hydrogen-bond donors (Lipinski definition) is 2. The third kappa shape index (κ3) is 4.14. The number of nitrogens with one attached hydrogen (secondary N) is 2. The summed E-state index contributed by atoms with van der Waals surface area (Å²) in [6.07, 6.45) is 0. The lowest BCUT2D eigenvalue weighted by atomic mass is 10.3. The van der Waals surface area contributed by atoms with Gasteiger partial charge in [-0.25, -0.2) is 9.59 Å². The van der Waals surface area contributed by atoms with Gasteiger partial charge >= 0.3 is 12.1 Å². The molecule has 6 nitrogen and oxygen atoms in total. The van der Waals surface area contributed by atoms with Crippen LogP contribution in [-0.4, -0.2) is 34.4 Å². The third-order valence-corrected chi connectivity index (χ3v) is 4.23. The Balaban J connectivity index is 1.66. The van der Waals surface area contributed by atoms with Gasteiger partial charge in [-0.15, -0.1) is 0 Å². The highest BCUT2D eigenvalue weighted by Crippen LogP contribution is 2.20. The first kappa shape index (κ1) is 16.1. The number of aliphatic imine (C=N–C) groups is 1. The molecular weight excluding hydrogens is 324 g/mol. The third-order valence-electron chi connectivity index (χ3n) is 3.27. The van der Waals surface area contributed by atoms with Gasteiger partial charge < -0.3 is 10.6 Å². The maximum atomic E-state index is 12.4. The van der Waals surface area contributed by atoms with Crippen LogP contribution < -0.4 is 10.6 Å². The average molecular weight is 340 g/mol.